The van der Waals surface area contributed by atoms with E-state index in [1.54, 1.807) is 0 Å². The molecule has 0 aromatic heterocycles. The van der Waals surface area contributed by atoms with E-state index in [0.717, 1.165) is 25.7 Å². The van der Waals surface area contributed by atoms with E-state index in [1.165, 1.54) is 32.1 Å². The van der Waals surface area contributed by atoms with Crippen LogP contribution in [-0.4, -0.2) is 23.0 Å². The number of carbonyl (C=O) groups is 2. The molecule has 4 heteroatoms. The molecule has 2 aliphatic rings. The average Bonchev–Trinajstić information content (AvgIpc) is 2.92. The molecule has 4 nitrogen and oxygen atoms in total. The fourth-order valence-corrected chi connectivity index (χ4v) is 4.26. The Hall–Kier alpha value is -1.06. The summed E-state index contributed by atoms with van der Waals surface area (Å²) in [5.74, 6) is -0.109. The molecule has 0 bridgehead atoms. The first-order valence-electron chi connectivity index (χ1n) is 8.52. The fraction of sp³-hybridized carbons (Fsp3) is 0.882. The molecule has 0 spiro atoms. The van der Waals surface area contributed by atoms with Gasteiger partial charge in [0.15, 0.2) is 0 Å². The largest absolute Gasteiger partial charge is 0.481 e. The number of hydrogen-bond donors (Lipinski definition) is 2. The topological polar surface area (TPSA) is 66.4 Å². The molecule has 0 aliphatic heterocycles. The maximum Gasteiger partial charge on any atom is 0.303 e. The molecule has 2 saturated carbocycles. The Morgan fingerprint density at radius 3 is 2.29 bits per heavy atom. The maximum atomic E-state index is 12.4. The van der Waals surface area contributed by atoms with Crippen molar-refractivity contribution >= 4 is 11.9 Å². The van der Waals surface area contributed by atoms with Crippen LogP contribution >= 0.6 is 0 Å². The second-order valence-electron chi connectivity index (χ2n) is 7.21. The van der Waals surface area contributed by atoms with Crippen molar-refractivity contribution in [3.63, 3.8) is 0 Å². The highest BCUT2D eigenvalue weighted by Gasteiger charge is 2.37. The lowest BCUT2D eigenvalue weighted by molar-refractivity contribution is -0.141. The average molecular weight is 295 g/mol. The van der Waals surface area contributed by atoms with E-state index >= 15 is 0 Å². The van der Waals surface area contributed by atoms with Crippen LogP contribution in [0.2, 0.25) is 0 Å². The second kappa shape index (κ2) is 7.28. The normalized spacial score (nSPS) is 23.7. The third-order valence-electron chi connectivity index (χ3n) is 5.47. The minimum atomic E-state index is -0.770. The summed E-state index contributed by atoms with van der Waals surface area (Å²) in [5.41, 5.74) is -0.302. The maximum absolute atomic E-state index is 12.4. The van der Waals surface area contributed by atoms with Gasteiger partial charge in [-0.05, 0) is 43.9 Å². The predicted octanol–water partition coefficient (Wildman–Crippen LogP) is 3.50. The van der Waals surface area contributed by atoms with E-state index in [-0.39, 0.29) is 23.8 Å². The van der Waals surface area contributed by atoms with Gasteiger partial charge in [0.1, 0.15) is 0 Å². The second-order valence-corrected chi connectivity index (χ2v) is 7.21. The third kappa shape index (κ3) is 4.72. The summed E-state index contributed by atoms with van der Waals surface area (Å²) in [6.07, 6.45) is 10.5. The standard InChI is InChI=1S/C17H29NO3/c1-13(14-7-3-4-8-14)18-15(19)11-17(12-16(20)21)9-5-2-6-10-17/h13-14H,2-12H2,1H3,(H,18,19)(H,20,21)/t13-/m0/s1. The monoisotopic (exact) mass is 295 g/mol. The van der Waals surface area contributed by atoms with Crippen molar-refractivity contribution in [3.8, 4) is 0 Å². The molecule has 2 rings (SSSR count). The SMILES string of the molecule is C[C@H](NC(=O)CC1(CC(=O)O)CCCCC1)C1CCCC1. The van der Waals surface area contributed by atoms with Crippen molar-refractivity contribution in [2.24, 2.45) is 11.3 Å². The molecule has 1 amide bonds. The molecule has 0 aromatic rings. The number of carbonyl (C=O) groups excluding carboxylic acids is 1. The van der Waals surface area contributed by atoms with Crippen molar-refractivity contribution in [1.29, 1.82) is 0 Å². The molecule has 120 valence electrons. The first kappa shape index (κ1) is 16.3. The number of amides is 1. The lowest BCUT2D eigenvalue weighted by Gasteiger charge is -2.36. The number of nitrogens with one attached hydrogen (secondary N) is 1. The van der Waals surface area contributed by atoms with Crippen LogP contribution in [0.1, 0.15) is 77.6 Å². The molecule has 2 fully saturated rings. The highest BCUT2D eigenvalue weighted by Crippen LogP contribution is 2.42. The molecule has 0 heterocycles. The summed E-state index contributed by atoms with van der Waals surface area (Å²) in [4.78, 5) is 23.5. The Morgan fingerprint density at radius 1 is 1.10 bits per heavy atom. The number of aliphatic carboxylic acids is 1. The summed E-state index contributed by atoms with van der Waals surface area (Å²) in [5, 5.41) is 12.3. The van der Waals surface area contributed by atoms with E-state index in [4.69, 9.17) is 5.11 Å². The van der Waals surface area contributed by atoms with Gasteiger partial charge in [-0.1, -0.05) is 32.1 Å². The quantitative estimate of drug-likeness (QED) is 0.788. The number of hydrogen-bond acceptors (Lipinski definition) is 2. The zero-order valence-electron chi connectivity index (χ0n) is 13.2. The third-order valence-corrected chi connectivity index (χ3v) is 5.47. The van der Waals surface area contributed by atoms with Gasteiger partial charge in [0.25, 0.3) is 0 Å². The van der Waals surface area contributed by atoms with Crippen LogP contribution in [0.25, 0.3) is 0 Å². The first-order valence-corrected chi connectivity index (χ1v) is 8.52. The lowest BCUT2D eigenvalue weighted by Crippen LogP contribution is -2.41. The zero-order valence-corrected chi connectivity index (χ0v) is 13.2. The number of carboxylic acids is 1. The number of carboxylic acid groups (broad SMARTS) is 1. The first-order chi connectivity index (χ1) is 10.0. The highest BCUT2D eigenvalue weighted by atomic mass is 16.4. The summed E-state index contributed by atoms with van der Waals surface area (Å²) < 4.78 is 0. The van der Waals surface area contributed by atoms with Gasteiger partial charge in [0, 0.05) is 12.5 Å². The van der Waals surface area contributed by atoms with Crippen LogP contribution in [-0.2, 0) is 9.59 Å². The van der Waals surface area contributed by atoms with E-state index < -0.39 is 5.97 Å². The molecular formula is C17H29NO3. The van der Waals surface area contributed by atoms with E-state index in [0.29, 0.717) is 12.3 Å². The van der Waals surface area contributed by atoms with Crippen molar-refractivity contribution in [2.45, 2.75) is 83.6 Å². The Labute approximate surface area is 127 Å². The Kier molecular flexibility index (Phi) is 5.65. The molecule has 21 heavy (non-hydrogen) atoms. The van der Waals surface area contributed by atoms with Gasteiger partial charge >= 0.3 is 5.97 Å². The summed E-state index contributed by atoms with van der Waals surface area (Å²) >= 11 is 0. The predicted molar refractivity (Wildman–Crippen MR) is 82.0 cm³/mol. The minimum absolute atomic E-state index is 0.0533. The highest BCUT2D eigenvalue weighted by molar-refractivity contribution is 5.78. The van der Waals surface area contributed by atoms with Gasteiger partial charge in [-0.25, -0.2) is 0 Å². The Morgan fingerprint density at radius 2 is 1.71 bits per heavy atom. The van der Waals surface area contributed by atoms with Gasteiger partial charge in [0.05, 0.1) is 6.42 Å². The molecule has 0 saturated heterocycles. The van der Waals surface area contributed by atoms with Gasteiger partial charge in [-0.15, -0.1) is 0 Å². The summed E-state index contributed by atoms with van der Waals surface area (Å²) in [6, 6.07) is 0.227. The molecule has 0 aromatic carbocycles. The fourth-order valence-electron chi connectivity index (χ4n) is 4.26. The van der Waals surface area contributed by atoms with Crippen LogP contribution in [0.3, 0.4) is 0 Å². The van der Waals surface area contributed by atoms with Crippen LogP contribution in [0.15, 0.2) is 0 Å². The Bertz CT molecular complexity index is 368. The molecule has 2 aliphatic carbocycles. The van der Waals surface area contributed by atoms with Crippen molar-refractivity contribution in [2.75, 3.05) is 0 Å². The van der Waals surface area contributed by atoms with Crippen LogP contribution in [0.4, 0.5) is 0 Å². The van der Waals surface area contributed by atoms with Crippen molar-refractivity contribution < 1.29 is 14.7 Å². The zero-order chi connectivity index (χ0) is 15.3. The molecule has 0 radical (unpaired) electrons. The minimum Gasteiger partial charge on any atom is -0.481 e. The van der Waals surface area contributed by atoms with Crippen molar-refractivity contribution in [1.82, 2.24) is 5.32 Å². The molecule has 1 atom stereocenters. The molecular weight excluding hydrogens is 266 g/mol. The lowest BCUT2D eigenvalue weighted by atomic mass is 9.69. The smallest absolute Gasteiger partial charge is 0.303 e. The van der Waals surface area contributed by atoms with Crippen LogP contribution in [0.5, 0.6) is 0 Å². The van der Waals surface area contributed by atoms with Gasteiger partial charge in [-0.2, -0.15) is 0 Å². The van der Waals surface area contributed by atoms with Crippen molar-refractivity contribution in [3.05, 3.63) is 0 Å². The van der Waals surface area contributed by atoms with Gasteiger partial charge < -0.3 is 10.4 Å². The van der Waals surface area contributed by atoms with E-state index in [2.05, 4.69) is 12.2 Å². The Balaban J connectivity index is 1.89. The van der Waals surface area contributed by atoms with Gasteiger partial charge in [-0.3, -0.25) is 9.59 Å². The summed E-state index contributed by atoms with van der Waals surface area (Å²) in [7, 11) is 0. The van der Waals surface area contributed by atoms with Crippen LogP contribution < -0.4 is 5.32 Å². The molecule has 2 N–H and O–H groups in total. The molecule has 0 unspecified atom stereocenters. The van der Waals surface area contributed by atoms with E-state index in [9.17, 15) is 9.59 Å². The van der Waals surface area contributed by atoms with E-state index in [1.807, 2.05) is 0 Å². The summed E-state index contributed by atoms with van der Waals surface area (Å²) in [6.45, 7) is 2.10. The van der Waals surface area contributed by atoms with Gasteiger partial charge in [0.2, 0.25) is 5.91 Å². The number of rotatable bonds is 6. The van der Waals surface area contributed by atoms with Crippen LogP contribution in [0, 0.1) is 11.3 Å².